The molecule has 1 unspecified atom stereocenters. The van der Waals surface area contributed by atoms with Crippen LogP contribution in [0.25, 0.3) is 0 Å². The highest BCUT2D eigenvalue weighted by molar-refractivity contribution is 5.71. The summed E-state index contributed by atoms with van der Waals surface area (Å²) in [6.07, 6.45) is 82.8. The van der Waals surface area contributed by atoms with Crippen LogP contribution in [0.3, 0.4) is 0 Å². The Labute approximate surface area is 479 Å². The van der Waals surface area contributed by atoms with E-state index in [0.717, 1.165) is 96.3 Å². The van der Waals surface area contributed by atoms with Gasteiger partial charge in [0.05, 0.1) is 0 Å². The SMILES string of the molecule is CC/C=C\C/C=C\C/C=C\CCCCCCCC(=O)OCC(COC(=O)CCCCCCCCCCCCCCC/C=C\CCCCCCCCCC)OC(=O)CCCCCCCCCCCCCCCCCCCCC. The zero-order chi connectivity index (χ0) is 55.7. The van der Waals surface area contributed by atoms with Gasteiger partial charge in [-0.3, -0.25) is 14.4 Å². The first kappa shape index (κ1) is 74.4. The number of allylic oxidation sites excluding steroid dienone is 8. The molecule has 0 fully saturated rings. The van der Waals surface area contributed by atoms with Crippen LogP contribution >= 0.6 is 0 Å². The van der Waals surface area contributed by atoms with Crippen LogP contribution in [0.5, 0.6) is 0 Å². The van der Waals surface area contributed by atoms with Crippen LogP contribution in [-0.2, 0) is 28.6 Å². The number of esters is 3. The Balaban J connectivity index is 4.28. The average Bonchev–Trinajstić information content (AvgIpc) is 3.43. The molecule has 0 aliphatic rings. The monoisotopic (exact) mass is 1080 g/mol. The summed E-state index contributed by atoms with van der Waals surface area (Å²) >= 11 is 0. The molecule has 0 N–H and O–H groups in total. The Morgan fingerprint density at radius 2 is 0.506 bits per heavy atom. The molecule has 0 radical (unpaired) electrons. The van der Waals surface area contributed by atoms with Gasteiger partial charge in [0.2, 0.25) is 0 Å². The first-order chi connectivity index (χ1) is 38.0. The van der Waals surface area contributed by atoms with Gasteiger partial charge in [0.25, 0.3) is 0 Å². The summed E-state index contributed by atoms with van der Waals surface area (Å²) in [5.41, 5.74) is 0. The molecule has 6 heteroatoms. The Kier molecular flexibility index (Phi) is 63.6. The third-order valence-corrected chi connectivity index (χ3v) is 15.3. The van der Waals surface area contributed by atoms with Gasteiger partial charge in [0.1, 0.15) is 13.2 Å². The number of hydrogen-bond acceptors (Lipinski definition) is 6. The van der Waals surface area contributed by atoms with Gasteiger partial charge in [0.15, 0.2) is 6.10 Å². The lowest BCUT2D eigenvalue weighted by Gasteiger charge is -2.18. The van der Waals surface area contributed by atoms with Crippen LogP contribution in [0, 0.1) is 0 Å². The molecule has 0 spiro atoms. The molecule has 0 aliphatic carbocycles. The van der Waals surface area contributed by atoms with Crippen LogP contribution < -0.4 is 0 Å². The molecule has 450 valence electrons. The first-order valence-electron chi connectivity index (χ1n) is 34.1. The van der Waals surface area contributed by atoms with Crippen molar-refractivity contribution in [2.24, 2.45) is 0 Å². The minimum atomic E-state index is -0.779. The number of hydrogen-bond donors (Lipinski definition) is 0. The van der Waals surface area contributed by atoms with E-state index in [1.165, 1.54) is 231 Å². The first-order valence-corrected chi connectivity index (χ1v) is 34.1. The largest absolute Gasteiger partial charge is 0.462 e. The van der Waals surface area contributed by atoms with Gasteiger partial charge < -0.3 is 14.2 Å². The Morgan fingerprint density at radius 1 is 0.273 bits per heavy atom. The van der Waals surface area contributed by atoms with Gasteiger partial charge in [0, 0.05) is 19.3 Å². The quantitative estimate of drug-likeness (QED) is 0.0261. The molecular weight excluding hydrogens is 949 g/mol. The molecule has 77 heavy (non-hydrogen) atoms. The molecule has 0 aromatic carbocycles. The van der Waals surface area contributed by atoms with E-state index < -0.39 is 6.10 Å². The fourth-order valence-corrected chi connectivity index (χ4v) is 10.2. The van der Waals surface area contributed by atoms with Crippen LogP contribution in [-0.4, -0.2) is 37.2 Å². The molecule has 0 aromatic heterocycles. The fourth-order valence-electron chi connectivity index (χ4n) is 10.2. The number of carbonyl (C=O) groups is 3. The van der Waals surface area contributed by atoms with Crippen molar-refractivity contribution in [2.75, 3.05) is 13.2 Å². The van der Waals surface area contributed by atoms with Crippen LogP contribution in [0.4, 0.5) is 0 Å². The molecular formula is C71H130O6. The highest BCUT2D eigenvalue weighted by Gasteiger charge is 2.19. The minimum Gasteiger partial charge on any atom is -0.462 e. The summed E-state index contributed by atoms with van der Waals surface area (Å²) in [6, 6.07) is 0. The molecule has 6 nitrogen and oxygen atoms in total. The Bertz CT molecular complexity index is 1330. The summed E-state index contributed by atoms with van der Waals surface area (Å²) in [4.78, 5) is 38.4. The second-order valence-corrected chi connectivity index (χ2v) is 23.1. The minimum absolute atomic E-state index is 0.0745. The number of carbonyl (C=O) groups excluding carboxylic acids is 3. The van der Waals surface area contributed by atoms with Crippen LogP contribution in [0.15, 0.2) is 48.6 Å². The van der Waals surface area contributed by atoms with E-state index in [4.69, 9.17) is 14.2 Å². The lowest BCUT2D eigenvalue weighted by atomic mass is 10.0. The van der Waals surface area contributed by atoms with E-state index in [2.05, 4.69) is 69.4 Å². The average molecular weight is 1080 g/mol. The topological polar surface area (TPSA) is 78.9 Å². The van der Waals surface area contributed by atoms with E-state index >= 15 is 0 Å². The number of rotatable bonds is 63. The lowest BCUT2D eigenvalue weighted by molar-refractivity contribution is -0.167. The smallest absolute Gasteiger partial charge is 0.306 e. The molecule has 0 rings (SSSR count). The normalized spacial score (nSPS) is 12.3. The third kappa shape index (κ3) is 64.1. The zero-order valence-corrected chi connectivity index (χ0v) is 51.7. The van der Waals surface area contributed by atoms with E-state index in [-0.39, 0.29) is 31.1 Å². The molecule has 0 heterocycles. The second-order valence-electron chi connectivity index (χ2n) is 23.1. The van der Waals surface area contributed by atoms with Gasteiger partial charge in [-0.05, 0) is 77.0 Å². The van der Waals surface area contributed by atoms with Gasteiger partial charge in [-0.25, -0.2) is 0 Å². The van der Waals surface area contributed by atoms with Crippen molar-refractivity contribution in [2.45, 2.75) is 374 Å². The van der Waals surface area contributed by atoms with E-state index in [9.17, 15) is 14.4 Å². The second kappa shape index (κ2) is 65.9. The van der Waals surface area contributed by atoms with Gasteiger partial charge >= 0.3 is 17.9 Å². The van der Waals surface area contributed by atoms with Crippen LogP contribution in [0.1, 0.15) is 367 Å². The third-order valence-electron chi connectivity index (χ3n) is 15.3. The maximum Gasteiger partial charge on any atom is 0.306 e. The summed E-state index contributed by atoms with van der Waals surface area (Å²) in [7, 11) is 0. The van der Waals surface area contributed by atoms with Crippen molar-refractivity contribution >= 4 is 17.9 Å². The number of unbranched alkanes of at least 4 members (excludes halogenated alkanes) is 44. The van der Waals surface area contributed by atoms with Gasteiger partial charge in [-0.1, -0.05) is 320 Å². The summed E-state index contributed by atoms with van der Waals surface area (Å²) in [5, 5.41) is 0. The van der Waals surface area contributed by atoms with Crippen molar-refractivity contribution in [3.8, 4) is 0 Å². The molecule has 0 bridgehead atoms. The van der Waals surface area contributed by atoms with Crippen molar-refractivity contribution in [1.82, 2.24) is 0 Å². The van der Waals surface area contributed by atoms with E-state index in [0.29, 0.717) is 19.3 Å². The molecule has 1 atom stereocenters. The fraction of sp³-hybridized carbons (Fsp3) is 0.845. The van der Waals surface area contributed by atoms with E-state index in [1.807, 2.05) is 0 Å². The molecule has 0 aromatic rings. The number of ether oxygens (including phenoxy) is 3. The molecule has 0 saturated carbocycles. The molecule has 0 aliphatic heterocycles. The Hall–Kier alpha value is -2.63. The van der Waals surface area contributed by atoms with Gasteiger partial charge in [-0.15, -0.1) is 0 Å². The summed E-state index contributed by atoms with van der Waals surface area (Å²) in [6.45, 7) is 6.58. The van der Waals surface area contributed by atoms with Crippen molar-refractivity contribution in [3.05, 3.63) is 48.6 Å². The van der Waals surface area contributed by atoms with E-state index in [1.54, 1.807) is 0 Å². The lowest BCUT2D eigenvalue weighted by Crippen LogP contribution is -2.30. The van der Waals surface area contributed by atoms with Gasteiger partial charge in [-0.2, -0.15) is 0 Å². The van der Waals surface area contributed by atoms with Crippen molar-refractivity contribution in [1.29, 1.82) is 0 Å². The maximum atomic E-state index is 12.9. The predicted octanol–water partition coefficient (Wildman–Crippen LogP) is 23.3. The highest BCUT2D eigenvalue weighted by Crippen LogP contribution is 2.18. The predicted molar refractivity (Wildman–Crippen MR) is 335 cm³/mol. The van der Waals surface area contributed by atoms with Crippen LogP contribution in [0.2, 0.25) is 0 Å². The standard InChI is InChI=1S/C71H130O6/c1-4-7-10-13-16-19-22-25-28-30-32-33-34-35-36-37-39-40-43-46-49-52-55-58-61-64-70(73)76-67-68(66-75-69(72)63-60-57-54-51-48-45-42-27-24-21-18-15-12-9-6-3)77-71(74)65-62-59-56-53-50-47-44-41-38-31-29-26-23-20-17-14-11-8-5-2/h9,12,18,21,27,30,32,42,68H,4-8,10-11,13-17,19-20,22-26,28-29,31,33-41,43-67H2,1-3H3/b12-9-,21-18-,32-30-,42-27-. The summed E-state index contributed by atoms with van der Waals surface area (Å²) < 4.78 is 17.0. The highest BCUT2D eigenvalue weighted by atomic mass is 16.6. The zero-order valence-electron chi connectivity index (χ0n) is 51.7. The van der Waals surface area contributed by atoms with Crippen molar-refractivity contribution < 1.29 is 28.6 Å². The molecule has 0 saturated heterocycles. The Morgan fingerprint density at radius 3 is 0.805 bits per heavy atom. The van der Waals surface area contributed by atoms with Crippen molar-refractivity contribution in [3.63, 3.8) is 0 Å². The maximum absolute atomic E-state index is 12.9. The summed E-state index contributed by atoms with van der Waals surface area (Å²) in [5.74, 6) is -0.867. The molecule has 0 amide bonds.